The van der Waals surface area contributed by atoms with Gasteiger partial charge < -0.3 is 4.90 Å². The van der Waals surface area contributed by atoms with E-state index in [1.165, 1.54) is 4.90 Å². The predicted octanol–water partition coefficient (Wildman–Crippen LogP) is 0.888. The van der Waals surface area contributed by atoms with Crippen LogP contribution in [0.2, 0.25) is 0 Å². The van der Waals surface area contributed by atoms with E-state index in [2.05, 4.69) is 0 Å². The molecule has 0 atom stereocenters. The monoisotopic (exact) mass is 173 g/mol. The summed E-state index contributed by atoms with van der Waals surface area (Å²) in [5.41, 5.74) is 0.508. The lowest BCUT2D eigenvalue weighted by Crippen LogP contribution is -2.28. The summed E-state index contributed by atoms with van der Waals surface area (Å²) < 4.78 is 0. The number of hydrogen-bond acceptors (Lipinski definition) is 2. The van der Waals surface area contributed by atoms with Crippen molar-refractivity contribution in [2.75, 3.05) is 7.05 Å². The summed E-state index contributed by atoms with van der Waals surface area (Å²) in [6, 6.07) is 0. The topological polar surface area (TPSA) is 37.4 Å². The van der Waals surface area contributed by atoms with Gasteiger partial charge in [-0.05, 0) is 6.42 Å². The molecule has 0 saturated heterocycles. The summed E-state index contributed by atoms with van der Waals surface area (Å²) in [7, 11) is 1.56. The van der Waals surface area contributed by atoms with Crippen LogP contribution in [0.4, 0.5) is 0 Å². The fraction of sp³-hybridized carbons (Fsp3) is 0.429. The second-order valence-corrected chi connectivity index (χ2v) is 2.74. The van der Waals surface area contributed by atoms with Gasteiger partial charge in [-0.25, -0.2) is 0 Å². The maximum atomic E-state index is 11.0. The minimum Gasteiger partial charge on any atom is -0.305 e. The first-order valence-electron chi connectivity index (χ1n) is 3.27. The second kappa shape index (κ2) is 3.05. The van der Waals surface area contributed by atoms with E-state index in [4.69, 9.17) is 11.6 Å². The molecular formula is C7H8ClNO2. The number of halogens is 1. The minimum absolute atomic E-state index is 0.0411. The van der Waals surface area contributed by atoms with Crippen molar-refractivity contribution in [1.29, 1.82) is 0 Å². The highest BCUT2D eigenvalue weighted by Crippen LogP contribution is 2.22. The molecule has 0 saturated carbocycles. The lowest BCUT2D eigenvalue weighted by atomic mass is 10.1. The van der Waals surface area contributed by atoms with E-state index < -0.39 is 0 Å². The van der Waals surface area contributed by atoms with Gasteiger partial charge in [-0.1, -0.05) is 11.6 Å². The average molecular weight is 174 g/mol. The van der Waals surface area contributed by atoms with Gasteiger partial charge in [0.25, 0.3) is 0 Å². The van der Waals surface area contributed by atoms with E-state index in [1.54, 1.807) is 7.05 Å². The molecule has 0 aromatic rings. The molecule has 1 heterocycles. The summed E-state index contributed by atoms with van der Waals surface area (Å²) in [4.78, 5) is 22.6. The van der Waals surface area contributed by atoms with Crippen molar-refractivity contribution in [2.24, 2.45) is 0 Å². The van der Waals surface area contributed by atoms with Gasteiger partial charge in [-0.3, -0.25) is 9.59 Å². The summed E-state index contributed by atoms with van der Waals surface area (Å²) >= 11 is 5.68. The Balaban J connectivity index is 2.95. The Morgan fingerprint density at radius 1 is 1.55 bits per heavy atom. The molecule has 0 unspecified atom stereocenters. The highest BCUT2D eigenvalue weighted by Gasteiger charge is 2.21. The standard InChI is InChI=1S/C7H8ClNO2/c1-9-6(11)3-2-5(4-10)7(9)8/h4H,2-3H2,1H3. The molecule has 1 aliphatic rings. The van der Waals surface area contributed by atoms with Crippen molar-refractivity contribution in [3.63, 3.8) is 0 Å². The van der Waals surface area contributed by atoms with Gasteiger partial charge in [0.15, 0.2) is 0 Å². The number of allylic oxidation sites excluding steroid dienone is 1. The quantitative estimate of drug-likeness (QED) is 0.436. The molecule has 0 radical (unpaired) electrons. The van der Waals surface area contributed by atoms with E-state index >= 15 is 0 Å². The van der Waals surface area contributed by atoms with Gasteiger partial charge in [0, 0.05) is 19.0 Å². The van der Waals surface area contributed by atoms with Crippen LogP contribution in [0, 0.1) is 0 Å². The number of hydrogen-bond donors (Lipinski definition) is 0. The maximum Gasteiger partial charge on any atom is 0.227 e. The fourth-order valence-corrected chi connectivity index (χ4v) is 1.18. The number of nitrogens with zero attached hydrogens (tertiary/aromatic N) is 1. The zero-order valence-corrected chi connectivity index (χ0v) is 6.89. The van der Waals surface area contributed by atoms with Crippen LogP contribution in [0.5, 0.6) is 0 Å². The molecule has 0 aromatic carbocycles. The molecule has 1 rings (SSSR count). The second-order valence-electron chi connectivity index (χ2n) is 2.39. The third kappa shape index (κ3) is 1.43. The van der Waals surface area contributed by atoms with Crippen molar-refractivity contribution in [2.45, 2.75) is 12.8 Å². The van der Waals surface area contributed by atoms with Crippen LogP contribution >= 0.6 is 11.6 Å². The van der Waals surface area contributed by atoms with Crippen molar-refractivity contribution in [3.05, 3.63) is 10.7 Å². The number of amides is 1. The number of rotatable bonds is 1. The average Bonchev–Trinajstić information content (AvgIpc) is 2.01. The Morgan fingerprint density at radius 2 is 2.18 bits per heavy atom. The molecule has 4 heteroatoms. The van der Waals surface area contributed by atoms with Crippen LogP contribution in [0.15, 0.2) is 10.7 Å². The molecule has 0 N–H and O–H groups in total. The maximum absolute atomic E-state index is 11.0. The minimum atomic E-state index is -0.0411. The Labute approximate surface area is 69.6 Å². The third-order valence-corrected chi connectivity index (χ3v) is 2.18. The van der Waals surface area contributed by atoms with E-state index in [-0.39, 0.29) is 11.1 Å². The van der Waals surface area contributed by atoms with Crippen LogP contribution in [0.3, 0.4) is 0 Å². The first-order valence-corrected chi connectivity index (χ1v) is 3.65. The Morgan fingerprint density at radius 3 is 2.73 bits per heavy atom. The van der Waals surface area contributed by atoms with Crippen LogP contribution in [0.1, 0.15) is 12.8 Å². The fourth-order valence-electron chi connectivity index (χ4n) is 0.945. The molecule has 1 aliphatic heterocycles. The molecule has 0 aliphatic carbocycles. The lowest BCUT2D eigenvalue weighted by Gasteiger charge is -2.22. The first-order chi connectivity index (χ1) is 5.16. The number of carbonyl (C=O) groups excluding carboxylic acids is 2. The molecule has 3 nitrogen and oxygen atoms in total. The Kier molecular flexibility index (Phi) is 2.29. The molecule has 60 valence electrons. The third-order valence-electron chi connectivity index (χ3n) is 1.68. The lowest BCUT2D eigenvalue weighted by molar-refractivity contribution is -0.128. The van der Waals surface area contributed by atoms with Crippen molar-refractivity contribution >= 4 is 23.8 Å². The van der Waals surface area contributed by atoms with Crippen molar-refractivity contribution < 1.29 is 9.59 Å². The van der Waals surface area contributed by atoms with E-state index in [9.17, 15) is 9.59 Å². The van der Waals surface area contributed by atoms with Crippen LogP contribution in [0.25, 0.3) is 0 Å². The van der Waals surface area contributed by atoms with Gasteiger partial charge in [0.1, 0.15) is 11.4 Å². The SMILES string of the molecule is CN1C(=O)CCC(C=O)=C1Cl. The van der Waals surface area contributed by atoms with E-state index in [0.29, 0.717) is 24.7 Å². The smallest absolute Gasteiger partial charge is 0.227 e. The number of aldehydes is 1. The van der Waals surface area contributed by atoms with Gasteiger partial charge in [-0.15, -0.1) is 0 Å². The zero-order chi connectivity index (χ0) is 8.43. The van der Waals surface area contributed by atoms with E-state index in [0.717, 1.165) is 0 Å². The van der Waals surface area contributed by atoms with Gasteiger partial charge in [-0.2, -0.15) is 0 Å². The zero-order valence-electron chi connectivity index (χ0n) is 6.13. The van der Waals surface area contributed by atoms with Crippen LogP contribution in [-0.2, 0) is 9.59 Å². The summed E-state index contributed by atoms with van der Waals surface area (Å²) in [5.74, 6) is -0.0411. The van der Waals surface area contributed by atoms with Crippen LogP contribution < -0.4 is 0 Å². The van der Waals surface area contributed by atoms with Gasteiger partial charge >= 0.3 is 0 Å². The number of carbonyl (C=O) groups is 2. The van der Waals surface area contributed by atoms with Gasteiger partial charge in [0.2, 0.25) is 5.91 Å². The molecule has 0 bridgehead atoms. The molecule has 11 heavy (non-hydrogen) atoms. The van der Waals surface area contributed by atoms with Crippen molar-refractivity contribution in [3.8, 4) is 0 Å². The van der Waals surface area contributed by atoms with Crippen LogP contribution in [-0.4, -0.2) is 24.1 Å². The molecule has 1 amide bonds. The highest BCUT2D eigenvalue weighted by molar-refractivity contribution is 6.32. The summed E-state index contributed by atoms with van der Waals surface area (Å²) in [5, 5.41) is 0.260. The molecule has 0 spiro atoms. The van der Waals surface area contributed by atoms with Crippen molar-refractivity contribution in [1.82, 2.24) is 4.90 Å². The molecular weight excluding hydrogens is 166 g/mol. The molecule has 0 aromatic heterocycles. The van der Waals surface area contributed by atoms with Gasteiger partial charge in [0.05, 0.1) is 0 Å². The largest absolute Gasteiger partial charge is 0.305 e. The normalized spacial score (nSPS) is 19.1. The Bertz CT molecular complexity index is 235. The molecule has 0 fully saturated rings. The predicted molar refractivity (Wildman–Crippen MR) is 40.9 cm³/mol. The summed E-state index contributed by atoms with van der Waals surface area (Å²) in [6.07, 6.45) is 1.54. The Hall–Kier alpha value is -0.830. The highest BCUT2D eigenvalue weighted by atomic mass is 35.5. The summed E-state index contributed by atoms with van der Waals surface area (Å²) in [6.45, 7) is 0. The first kappa shape index (κ1) is 8.27. The van der Waals surface area contributed by atoms with E-state index in [1.807, 2.05) is 0 Å².